The van der Waals surface area contributed by atoms with Crippen molar-refractivity contribution in [1.82, 2.24) is 0 Å². The summed E-state index contributed by atoms with van der Waals surface area (Å²) in [6, 6.07) is 0. The quantitative estimate of drug-likeness (QED) is 0.0855. The predicted molar refractivity (Wildman–Crippen MR) is 248 cm³/mol. The zero-order chi connectivity index (χ0) is 53.4. The molecule has 5 aliphatic rings. The van der Waals surface area contributed by atoms with Crippen LogP contribution in [0.25, 0.3) is 0 Å². The van der Waals surface area contributed by atoms with Crippen LogP contribution in [-0.4, -0.2) is 307 Å². The van der Waals surface area contributed by atoms with Crippen LogP contribution in [0, 0.1) is 0 Å². The molecule has 5 aliphatic heterocycles. The number of ether oxygens (including phenoxy) is 26. The van der Waals surface area contributed by atoms with Gasteiger partial charge in [-0.05, 0) is 0 Å². The molecule has 5 heterocycles. The van der Waals surface area contributed by atoms with Gasteiger partial charge in [0.25, 0.3) is 0 Å². The van der Waals surface area contributed by atoms with Gasteiger partial charge in [0.15, 0.2) is 31.5 Å². The molecule has 26 nitrogen and oxygen atoms in total. The van der Waals surface area contributed by atoms with Crippen molar-refractivity contribution in [2.24, 2.45) is 0 Å². The van der Waals surface area contributed by atoms with Gasteiger partial charge in [-0.2, -0.15) is 0 Å². The Morgan fingerprint density at radius 1 is 0.192 bits per heavy atom. The van der Waals surface area contributed by atoms with Crippen molar-refractivity contribution in [3.05, 3.63) is 0 Å². The number of hydrogen-bond donors (Lipinski definition) is 0. The summed E-state index contributed by atoms with van der Waals surface area (Å²) in [6.07, 6.45) is -21.9. The average Bonchev–Trinajstić information content (AvgIpc) is 3.39. The van der Waals surface area contributed by atoms with Crippen LogP contribution in [0.4, 0.5) is 0 Å². The van der Waals surface area contributed by atoms with Crippen molar-refractivity contribution in [3.8, 4) is 0 Å². The van der Waals surface area contributed by atoms with Gasteiger partial charge in [0.1, 0.15) is 122 Å². The second-order valence-electron chi connectivity index (χ2n) is 17.8. The monoisotopic (exact) mass is 1070 g/mol. The van der Waals surface area contributed by atoms with Gasteiger partial charge in [0.05, 0.1) is 33.0 Å². The van der Waals surface area contributed by atoms with Crippen LogP contribution in [0.15, 0.2) is 0 Å². The summed E-state index contributed by atoms with van der Waals surface area (Å²) in [4.78, 5) is 0. The normalized spacial score (nSPS) is 43.6. The zero-order valence-electron chi connectivity index (χ0n) is 45.6. The Labute approximate surface area is 429 Å². The third-order valence-corrected chi connectivity index (χ3v) is 14.0. The van der Waals surface area contributed by atoms with E-state index in [0.717, 1.165) is 0 Å². The summed E-state index contributed by atoms with van der Waals surface area (Å²) < 4.78 is 161. The lowest BCUT2D eigenvalue weighted by Crippen LogP contribution is -2.69. The smallest absolute Gasteiger partial charge is 0.187 e. The third kappa shape index (κ3) is 14.2. The van der Waals surface area contributed by atoms with Crippen LogP contribution in [0.3, 0.4) is 0 Å². The van der Waals surface area contributed by atoms with Crippen LogP contribution in [0.5, 0.6) is 0 Å². The maximum absolute atomic E-state index is 7.07. The molecule has 0 saturated carbocycles. The Bertz CT molecular complexity index is 1490. The molecule has 0 unspecified atom stereocenters. The fourth-order valence-electron chi connectivity index (χ4n) is 10.7. The highest BCUT2D eigenvalue weighted by Crippen LogP contribution is 2.40. The Balaban J connectivity index is 1.52. The molecule has 5 saturated heterocycles. The molecule has 0 bridgehead atoms. The lowest BCUT2D eigenvalue weighted by molar-refractivity contribution is -0.401. The molecule has 430 valence electrons. The molecule has 73 heavy (non-hydrogen) atoms. The first-order valence-corrected chi connectivity index (χ1v) is 24.2. The summed E-state index contributed by atoms with van der Waals surface area (Å²) in [7, 11) is 26.1. The lowest BCUT2D eigenvalue weighted by Gasteiger charge is -2.52. The van der Waals surface area contributed by atoms with Crippen LogP contribution >= 0.6 is 0 Å². The minimum absolute atomic E-state index is 0.0397. The molecule has 0 aliphatic carbocycles. The summed E-state index contributed by atoms with van der Waals surface area (Å²) >= 11 is 0. The maximum atomic E-state index is 7.07. The standard InChI is InChI=1S/C47H86O26/c1-48-18-23-28(53-6)33(58-11)38(59-12)44(66-23)71-35-30(55-8)25(20-50-3)68-46(40(35)61-14)73-37-32(57-10)27(22-52-5)69-47(42(37)63-16)72-36-31(56-9)26(21-51-4)67-45(41(36)62-15)70-34-29(54-7)24(19-49-2)65-43(64-17)39(34)60-13/h23-47H,18-22H2,1-17H3/t23-,24-,25-,26-,27-,28-,29-,30-,31-,32-,33+,34+,35+,36+,37+,38-,39-,40-,41-,42-,43-,44+,45+,46+,47+/m1/s1. The van der Waals surface area contributed by atoms with E-state index in [4.69, 9.17) is 123 Å². The number of rotatable bonds is 30. The second-order valence-corrected chi connectivity index (χ2v) is 17.8. The summed E-state index contributed by atoms with van der Waals surface area (Å²) in [5.74, 6) is 0. The van der Waals surface area contributed by atoms with E-state index in [1.165, 1.54) is 71.1 Å². The van der Waals surface area contributed by atoms with Crippen LogP contribution in [0.1, 0.15) is 0 Å². The largest absolute Gasteiger partial charge is 0.382 e. The topological polar surface area (TPSA) is 240 Å². The molecule has 0 radical (unpaired) electrons. The Morgan fingerprint density at radius 3 is 0.562 bits per heavy atom. The Kier molecular flexibility index (Phi) is 27.1. The molecule has 26 heteroatoms. The maximum Gasteiger partial charge on any atom is 0.187 e. The van der Waals surface area contributed by atoms with Crippen molar-refractivity contribution in [1.29, 1.82) is 0 Å². The van der Waals surface area contributed by atoms with E-state index in [-0.39, 0.29) is 33.0 Å². The highest BCUT2D eigenvalue weighted by Gasteiger charge is 2.59. The van der Waals surface area contributed by atoms with Gasteiger partial charge in [-0.1, -0.05) is 0 Å². The average molecular weight is 1070 g/mol. The zero-order valence-corrected chi connectivity index (χ0v) is 45.6. The van der Waals surface area contributed by atoms with Crippen LogP contribution in [0.2, 0.25) is 0 Å². The first kappa shape index (κ1) is 62.8. The SMILES string of the molecule is COC[C@H]1O[C@@H](O[C@@H]2[C@@H](OC)[C@H](O[C@@H]3[C@@H](OC)[C@H](O[C@@H]4[C@@H](OC)[C@H](O[C@@H]5[C@@H](OC)[C@H](OC)O[C@H](COC)[C@H]5OC)O[C@H](COC)[C@H]4OC)O[C@H](COC)[C@H]3OC)O[C@H](COC)[C@H]2OC)[C@H](OC)[C@@H](OC)[C@@H]1OC. The van der Waals surface area contributed by atoms with E-state index in [9.17, 15) is 0 Å². The van der Waals surface area contributed by atoms with E-state index in [2.05, 4.69) is 0 Å². The van der Waals surface area contributed by atoms with Gasteiger partial charge in [-0.25, -0.2) is 0 Å². The highest BCUT2D eigenvalue weighted by molar-refractivity contribution is 5.01. The molecular weight excluding hydrogens is 980 g/mol. The van der Waals surface area contributed by atoms with Gasteiger partial charge in [0, 0.05) is 121 Å². The van der Waals surface area contributed by atoms with E-state index in [0.29, 0.717) is 0 Å². The highest BCUT2D eigenvalue weighted by atomic mass is 16.8. The van der Waals surface area contributed by atoms with Crippen LogP contribution < -0.4 is 0 Å². The Hall–Kier alpha value is -1.04. The molecule has 5 rings (SSSR count). The molecule has 0 aromatic heterocycles. The van der Waals surface area contributed by atoms with Gasteiger partial charge < -0.3 is 123 Å². The summed E-state index contributed by atoms with van der Waals surface area (Å²) in [5, 5.41) is 0. The van der Waals surface area contributed by atoms with Gasteiger partial charge >= 0.3 is 0 Å². The number of hydrogen-bond acceptors (Lipinski definition) is 26. The fourth-order valence-corrected chi connectivity index (χ4v) is 10.7. The molecule has 0 spiro atoms. The molecular formula is C47H86O26. The minimum atomic E-state index is -1.23. The molecule has 5 fully saturated rings. The molecule has 0 aromatic rings. The van der Waals surface area contributed by atoms with E-state index < -0.39 is 154 Å². The van der Waals surface area contributed by atoms with Crippen molar-refractivity contribution >= 4 is 0 Å². The van der Waals surface area contributed by atoms with E-state index >= 15 is 0 Å². The lowest BCUT2D eigenvalue weighted by atomic mass is 9.94. The molecule has 25 atom stereocenters. The van der Waals surface area contributed by atoms with Gasteiger partial charge in [-0.15, -0.1) is 0 Å². The van der Waals surface area contributed by atoms with Crippen molar-refractivity contribution < 1.29 is 123 Å². The van der Waals surface area contributed by atoms with E-state index in [1.54, 1.807) is 49.8 Å². The van der Waals surface area contributed by atoms with Crippen molar-refractivity contribution in [3.63, 3.8) is 0 Å². The third-order valence-electron chi connectivity index (χ3n) is 14.0. The molecule has 0 N–H and O–H groups in total. The molecule has 0 aromatic carbocycles. The first-order valence-electron chi connectivity index (χ1n) is 24.2. The van der Waals surface area contributed by atoms with E-state index in [1.807, 2.05) is 0 Å². The molecule has 0 amide bonds. The van der Waals surface area contributed by atoms with Gasteiger partial charge in [-0.3, -0.25) is 0 Å². The number of methoxy groups -OCH3 is 17. The van der Waals surface area contributed by atoms with Crippen molar-refractivity contribution in [2.75, 3.05) is 154 Å². The minimum Gasteiger partial charge on any atom is -0.382 e. The Morgan fingerprint density at radius 2 is 0.370 bits per heavy atom. The summed E-state index contributed by atoms with van der Waals surface area (Å²) in [5.41, 5.74) is 0. The fraction of sp³-hybridized carbons (Fsp3) is 1.00. The second kappa shape index (κ2) is 31.5. The van der Waals surface area contributed by atoms with Gasteiger partial charge in [0.2, 0.25) is 0 Å². The van der Waals surface area contributed by atoms with Crippen molar-refractivity contribution in [2.45, 2.75) is 154 Å². The van der Waals surface area contributed by atoms with Crippen LogP contribution in [-0.2, 0) is 123 Å². The first-order chi connectivity index (χ1) is 35.5. The predicted octanol–water partition coefficient (Wildman–Crippen LogP) is -0.805. The summed E-state index contributed by atoms with van der Waals surface area (Å²) in [6.45, 7) is 0.501.